The van der Waals surface area contributed by atoms with Crippen LogP contribution in [0.1, 0.15) is 0 Å². The molecule has 0 spiro atoms. The number of carboxylic acid groups (broad SMARTS) is 1. The molecule has 1 heterocycles. The predicted octanol–water partition coefficient (Wildman–Crippen LogP) is -3.13. The molecule has 0 radical (unpaired) electrons. The second-order valence-corrected chi connectivity index (χ2v) is 2.76. The number of rotatable bonds is 1. The highest BCUT2D eigenvalue weighted by molar-refractivity contribution is 5.73. The molecule has 1 unspecified atom stereocenters. The van der Waals surface area contributed by atoms with Crippen molar-refractivity contribution in [2.24, 2.45) is 0 Å². The van der Waals surface area contributed by atoms with E-state index >= 15 is 0 Å². The number of aliphatic carboxylic acids is 1. The van der Waals surface area contributed by atoms with Crippen LogP contribution in [0.2, 0.25) is 0 Å². The number of aliphatic hydroxyl groups excluding tert-OH is 4. The van der Waals surface area contributed by atoms with Gasteiger partial charge in [-0.3, -0.25) is 0 Å². The second-order valence-electron chi connectivity index (χ2n) is 2.76. The van der Waals surface area contributed by atoms with E-state index in [1.54, 1.807) is 0 Å². The van der Waals surface area contributed by atoms with Crippen LogP contribution in [-0.2, 0) is 9.53 Å². The fourth-order valence-electron chi connectivity index (χ4n) is 1.07. The Kier molecular flexibility index (Phi) is 2.84. The van der Waals surface area contributed by atoms with Gasteiger partial charge in [0.1, 0.15) is 18.3 Å². The van der Waals surface area contributed by atoms with E-state index in [9.17, 15) is 4.79 Å². The average molecular weight is 200 g/mol. The lowest BCUT2D eigenvalue weighted by Crippen LogP contribution is -2.59. The number of ether oxygens (including phenoxy) is 1. The molecule has 0 aromatic heterocycles. The first-order valence-electron chi connectivity index (χ1n) is 3.55. The highest BCUT2D eigenvalue weighted by Crippen LogP contribution is 2.19. The first kappa shape index (κ1) is 10.4. The van der Waals surface area contributed by atoms with Crippen molar-refractivity contribution >= 4 is 5.97 Å². The Hall–Kier alpha value is -0.730. The molecule has 1 rings (SSSR count). The lowest BCUT2D eigenvalue weighted by atomic mass is 10.9. The van der Waals surface area contributed by atoms with Crippen molar-refractivity contribution in [3.05, 3.63) is 0 Å². The third-order valence-electron chi connectivity index (χ3n) is 1.83. The van der Waals surface area contributed by atoms with Gasteiger partial charge in [-0.1, -0.05) is 0 Å². The molecule has 13 heavy (non-hydrogen) atoms. The molecule has 7 heteroatoms. The highest BCUT2D eigenvalue weighted by Gasteiger charge is 2.46. The Labute approximate surface area is 72.8 Å². The fourth-order valence-corrected chi connectivity index (χ4v) is 1.07. The van der Waals surface area contributed by atoms with Crippen LogP contribution in [0, 0.1) is 0 Å². The minimum atomic E-state index is -1.81. The van der Waals surface area contributed by atoms with Crippen LogP contribution in [0.5, 0.6) is 0 Å². The summed E-state index contributed by atoms with van der Waals surface area (Å²) in [5.41, 5.74) is 0. The van der Waals surface area contributed by atoms with Crippen molar-refractivity contribution in [3.63, 3.8) is 0 Å². The summed E-state index contributed by atoms with van der Waals surface area (Å²) in [6.07, 6.45) is -8.72. The molecule has 7 nitrogen and oxygen atoms in total. The van der Waals surface area contributed by atoms with E-state index in [2.05, 4.69) is 4.74 Å². The molecule has 0 aliphatic carbocycles. The van der Waals surface area contributed by atoms with Gasteiger partial charge >= 0.3 is 5.97 Å². The average Bonchev–Trinajstić information content (AvgIpc) is 2.07. The summed E-state index contributed by atoms with van der Waals surface area (Å²) in [5.74, 6) is -1.52. The van der Waals surface area contributed by atoms with E-state index in [0.717, 1.165) is 0 Å². The number of carboxylic acids is 1. The molecule has 0 bridgehead atoms. The van der Waals surface area contributed by atoms with E-state index < -0.39 is 36.7 Å². The fraction of sp³-hybridized carbons (Fsp3) is 0.833. The minimum absolute atomic E-state index is 1.52. The van der Waals surface area contributed by atoms with E-state index in [-0.39, 0.29) is 0 Å². The zero-order chi connectivity index (χ0) is 10.2. The summed E-state index contributed by atoms with van der Waals surface area (Å²) in [7, 11) is 0. The van der Waals surface area contributed by atoms with Crippen molar-refractivity contribution in [1.29, 1.82) is 0 Å². The zero-order valence-electron chi connectivity index (χ0n) is 6.44. The van der Waals surface area contributed by atoms with Gasteiger partial charge in [0.15, 0.2) is 12.4 Å². The van der Waals surface area contributed by atoms with Crippen LogP contribution in [0.4, 0.5) is 0 Å². The molecule has 5 atom stereocenters. The number of hydrogen-bond donors (Lipinski definition) is 5. The molecular formula is C6H10O7. The van der Waals surface area contributed by atoms with Gasteiger partial charge in [0.2, 0.25) is 0 Å². The van der Waals surface area contributed by atoms with Gasteiger partial charge < -0.3 is 30.3 Å². The van der Waals surface area contributed by atoms with Crippen molar-refractivity contribution in [2.75, 3.05) is 0 Å². The lowest BCUT2D eigenvalue weighted by Gasteiger charge is -2.36. The lowest BCUT2D eigenvalue weighted by molar-refractivity contribution is -0.279. The summed E-state index contributed by atoms with van der Waals surface area (Å²) < 4.78 is 4.34. The number of aliphatic hydroxyl groups is 4. The Morgan fingerprint density at radius 2 is 1.54 bits per heavy atom. The van der Waals surface area contributed by atoms with Gasteiger partial charge in [0.25, 0.3) is 0 Å². The smallest absolute Gasteiger partial charge is 0.335 e. The normalized spacial score (nSPS) is 46.0. The summed E-state index contributed by atoms with van der Waals surface area (Å²) in [6, 6.07) is 0. The Morgan fingerprint density at radius 3 is 2.00 bits per heavy atom. The first-order chi connectivity index (χ1) is 5.95. The third kappa shape index (κ3) is 1.79. The third-order valence-corrected chi connectivity index (χ3v) is 1.83. The monoisotopic (exact) mass is 200 g/mol. The van der Waals surface area contributed by atoms with Crippen LogP contribution in [0.15, 0.2) is 0 Å². The molecule has 0 amide bonds. The van der Waals surface area contributed by atoms with E-state index in [0.29, 0.717) is 0 Å². The van der Waals surface area contributed by atoms with E-state index in [1.165, 1.54) is 0 Å². The van der Waals surface area contributed by atoms with Crippen molar-refractivity contribution < 1.29 is 35.1 Å². The second kappa shape index (κ2) is 3.56. The molecule has 76 valence electrons. The summed E-state index contributed by atoms with van der Waals surface area (Å²) in [4.78, 5) is 10.4. The van der Waals surface area contributed by atoms with Gasteiger partial charge in [-0.05, 0) is 0 Å². The van der Waals surface area contributed by atoms with Crippen LogP contribution in [0.25, 0.3) is 0 Å². The largest absolute Gasteiger partial charge is 0.479 e. The quantitative estimate of drug-likeness (QED) is 0.283. The van der Waals surface area contributed by atoms with Crippen LogP contribution < -0.4 is 0 Å². The maximum absolute atomic E-state index is 10.4. The molecule has 0 aromatic carbocycles. The maximum Gasteiger partial charge on any atom is 0.335 e. The summed E-state index contributed by atoms with van der Waals surface area (Å²) in [5, 5.41) is 44.4. The highest BCUT2D eigenvalue weighted by atomic mass is 16.8. The van der Waals surface area contributed by atoms with Crippen LogP contribution in [0.3, 0.4) is 0 Å². The Bertz CT molecular complexity index is 205. The van der Waals surface area contributed by atoms with Gasteiger partial charge in [-0.15, -0.1) is 0 Å². The SMILES string of the molecule is O=[13C](O)[13C@H]1O[13CH](O)[13C@H](O)[13C@@H](O)[13C@H]1O. The molecular weight excluding hydrogens is 190 g/mol. The van der Waals surface area contributed by atoms with Crippen molar-refractivity contribution in [2.45, 2.75) is 30.7 Å². The van der Waals surface area contributed by atoms with Crippen LogP contribution >= 0.6 is 0 Å². The number of hydrogen-bond acceptors (Lipinski definition) is 6. The Balaban J connectivity index is 2.76. The zero-order valence-corrected chi connectivity index (χ0v) is 6.44. The van der Waals surface area contributed by atoms with Crippen LogP contribution in [-0.4, -0.2) is 62.2 Å². The standard InChI is InChI=1S/C6H10O7/c7-1-2(8)4(5(10)11)13-6(12)3(1)9/h1-4,6-9,12H,(H,10,11)/t1-,2+,3+,4-,6?/m0/s1/i1+1,2+1,3+1,4+1,5+1,6+1. The molecule has 5 N–H and O–H groups in total. The molecule has 0 saturated carbocycles. The summed E-state index contributed by atoms with van der Waals surface area (Å²) >= 11 is 0. The van der Waals surface area contributed by atoms with E-state index in [4.69, 9.17) is 25.5 Å². The van der Waals surface area contributed by atoms with Gasteiger partial charge in [0.05, 0.1) is 0 Å². The van der Waals surface area contributed by atoms with Gasteiger partial charge in [-0.25, -0.2) is 4.79 Å². The van der Waals surface area contributed by atoms with Gasteiger partial charge in [-0.2, -0.15) is 0 Å². The number of carbonyl (C=O) groups is 1. The van der Waals surface area contributed by atoms with E-state index in [1.807, 2.05) is 0 Å². The topological polar surface area (TPSA) is 127 Å². The first-order valence-corrected chi connectivity index (χ1v) is 3.55. The van der Waals surface area contributed by atoms with Crippen molar-refractivity contribution in [1.82, 2.24) is 0 Å². The Morgan fingerprint density at radius 1 is 1.00 bits per heavy atom. The molecule has 0 aromatic rings. The van der Waals surface area contributed by atoms with Crippen molar-refractivity contribution in [3.8, 4) is 0 Å². The molecule has 1 aliphatic rings. The maximum atomic E-state index is 10.4. The summed E-state index contributed by atoms with van der Waals surface area (Å²) in [6.45, 7) is 0. The predicted molar refractivity (Wildman–Crippen MR) is 36.5 cm³/mol. The molecule has 1 aliphatic heterocycles. The molecule has 1 saturated heterocycles. The van der Waals surface area contributed by atoms with Gasteiger partial charge in [0, 0.05) is 0 Å². The molecule has 1 fully saturated rings. The minimum Gasteiger partial charge on any atom is -0.479 e.